The summed E-state index contributed by atoms with van der Waals surface area (Å²) in [6.45, 7) is 3.45. The standard InChI is InChI=1S/C15H17N3O3/c1-15(7-4-8-16-15)14-17-13(18-21-14)12-9-19-10-5-2-3-6-11(10)20-12/h2-3,5-6,12,16H,4,7-9H2,1H3. The molecule has 0 radical (unpaired) electrons. The van der Waals surface area contributed by atoms with Gasteiger partial charge in [0.1, 0.15) is 6.61 Å². The molecule has 1 aromatic carbocycles. The highest BCUT2D eigenvalue weighted by Gasteiger charge is 2.37. The Labute approximate surface area is 122 Å². The largest absolute Gasteiger partial charge is 0.485 e. The first-order chi connectivity index (χ1) is 10.2. The maximum Gasteiger partial charge on any atom is 0.246 e. The number of benzene rings is 1. The van der Waals surface area contributed by atoms with Crippen LogP contribution in [0.5, 0.6) is 11.5 Å². The van der Waals surface area contributed by atoms with Crippen molar-refractivity contribution in [2.45, 2.75) is 31.4 Å². The van der Waals surface area contributed by atoms with E-state index in [9.17, 15) is 0 Å². The predicted octanol–water partition coefficient (Wildman–Crippen LogP) is 2.18. The average molecular weight is 287 g/mol. The summed E-state index contributed by atoms with van der Waals surface area (Å²) in [4.78, 5) is 4.52. The number of nitrogens with zero attached hydrogens (tertiary/aromatic N) is 2. The van der Waals surface area contributed by atoms with Crippen molar-refractivity contribution in [1.29, 1.82) is 0 Å². The van der Waals surface area contributed by atoms with Gasteiger partial charge in [0.25, 0.3) is 0 Å². The second-order valence-electron chi connectivity index (χ2n) is 5.68. The molecule has 1 fully saturated rings. The molecule has 3 heterocycles. The Kier molecular flexibility index (Phi) is 2.85. The third-order valence-corrected chi connectivity index (χ3v) is 4.08. The smallest absolute Gasteiger partial charge is 0.246 e. The second kappa shape index (κ2) is 4.73. The van der Waals surface area contributed by atoms with Gasteiger partial charge in [0, 0.05) is 0 Å². The van der Waals surface area contributed by atoms with Gasteiger partial charge in [-0.15, -0.1) is 0 Å². The number of para-hydroxylation sites is 2. The van der Waals surface area contributed by atoms with Crippen molar-refractivity contribution in [3.05, 3.63) is 36.0 Å². The zero-order valence-corrected chi connectivity index (χ0v) is 11.8. The number of hydrogen-bond acceptors (Lipinski definition) is 6. The van der Waals surface area contributed by atoms with Crippen LogP contribution in [-0.4, -0.2) is 23.3 Å². The molecule has 2 aromatic rings. The van der Waals surface area contributed by atoms with Crippen LogP contribution in [0.4, 0.5) is 0 Å². The second-order valence-corrected chi connectivity index (χ2v) is 5.68. The molecule has 0 spiro atoms. The molecule has 1 N–H and O–H groups in total. The minimum absolute atomic E-state index is 0.224. The van der Waals surface area contributed by atoms with Crippen LogP contribution in [0.3, 0.4) is 0 Å². The van der Waals surface area contributed by atoms with Crippen LogP contribution in [-0.2, 0) is 5.54 Å². The molecule has 2 aliphatic rings. The van der Waals surface area contributed by atoms with E-state index in [4.69, 9.17) is 14.0 Å². The van der Waals surface area contributed by atoms with Crippen LogP contribution in [0, 0.1) is 0 Å². The highest BCUT2D eigenvalue weighted by molar-refractivity contribution is 5.40. The van der Waals surface area contributed by atoms with Gasteiger partial charge in [-0.1, -0.05) is 17.3 Å². The van der Waals surface area contributed by atoms with E-state index in [1.54, 1.807) is 0 Å². The maximum absolute atomic E-state index is 5.90. The van der Waals surface area contributed by atoms with Crippen molar-refractivity contribution in [3.63, 3.8) is 0 Å². The molecule has 6 heteroatoms. The molecule has 4 rings (SSSR count). The molecule has 2 atom stereocenters. The Bertz CT molecular complexity index is 649. The Morgan fingerprint density at radius 3 is 2.95 bits per heavy atom. The normalized spacial score (nSPS) is 27.8. The number of nitrogens with one attached hydrogen (secondary N) is 1. The lowest BCUT2D eigenvalue weighted by molar-refractivity contribution is 0.0832. The minimum atomic E-state index is -0.331. The van der Waals surface area contributed by atoms with E-state index < -0.39 is 0 Å². The Morgan fingerprint density at radius 1 is 1.29 bits per heavy atom. The van der Waals surface area contributed by atoms with Gasteiger partial charge in [-0.25, -0.2) is 0 Å². The fourth-order valence-corrected chi connectivity index (χ4v) is 2.81. The Balaban J connectivity index is 1.57. The van der Waals surface area contributed by atoms with E-state index in [1.807, 2.05) is 24.3 Å². The van der Waals surface area contributed by atoms with Gasteiger partial charge in [0.2, 0.25) is 11.7 Å². The topological polar surface area (TPSA) is 69.4 Å². The maximum atomic E-state index is 5.90. The van der Waals surface area contributed by atoms with Gasteiger partial charge in [0.05, 0.1) is 5.54 Å². The molecule has 6 nitrogen and oxygen atoms in total. The van der Waals surface area contributed by atoms with E-state index in [2.05, 4.69) is 22.4 Å². The summed E-state index contributed by atoms with van der Waals surface area (Å²) in [5, 5.41) is 7.48. The van der Waals surface area contributed by atoms with Crippen molar-refractivity contribution < 1.29 is 14.0 Å². The summed E-state index contributed by atoms with van der Waals surface area (Å²) in [5.41, 5.74) is -0.224. The number of fused-ring (bicyclic) bond motifs is 1. The quantitative estimate of drug-likeness (QED) is 0.913. The van der Waals surface area contributed by atoms with Crippen LogP contribution >= 0.6 is 0 Å². The van der Waals surface area contributed by atoms with Crippen LogP contribution in [0.25, 0.3) is 0 Å². The first-order valence-corrected chi connectivity index (χ1v) is 7.22. The summed E-state index contributed by atoms with van der Waals surface area (Å²) in [7, 11) is 0. The lowest BCUT2D eigenvalue weighted by Gasteiger charge is -2.24. The fraction of sp³-hybridized carbons (Fsp3) is 0.467. The number of aromatic nitrogens is 2. The van der Waals surface area contributed by atoms with Gasteiger partial charge in [-0.05, 0) is 38.4 Å². The third-order valence-electron chi connectivity index (χ3n) is 4.08. The SMILES string of the molecule is CC1(c2nc(C3COc4ccccc4O3)no2)CCCN1. The lowest BCUT2D eigenvalue weighted by Crippen LogP contribution is -2.33. The molecule has 0 bridgehead atoms. The minimum Gasteiger partial charge on any atom is -0.485 e. The average Bonchev–Trinajstić information content (AvgIpc) is 3.17. The van der Waals surface area contributed by atoms with Gasteiger partial charge in [0.15, 0.2) is 17.6 Å². The molecule has 0 amide bonds. The van der Waals surface area contributed by atoms with Gasteiger partial charge in [-0.3, -0.25) is 0 Å². The van der Waals surface area contributed by atoms with E-state index >= 15 is 0 Å². The molecule has 1 saturated heterocycles. The number of ether oxygens (including phenoxy) is 2. The molecular formula is C15H17N3O3. The molecular weight excluding hydrogens is 270 g/mol. The van der Waals surface area contributed by atoms with Crippen molar-refractivity contribution in [1.82, 2.24) is 15.5 Å². The van der Waals surface area contributed by atoms with Crippen molar-refractivity contribution in [2.75, 3.05) is 13.2 Å². The van der Waals surface area contributed by atoms with E-state index in [0.717, 1.165) is 25.1 Å². The zero-order valence-electron chi connectivity index (χ0n) is 11.8. The van der Waals surface area contributed by atoms with Gasteiger partial charge in [-0.2, -0.15) is 4.98 Å². The summed E-state index contributed by atoms with van der Waals surface area (Å²) in [5.74, 6) is 2.62. The monoisotopic (exact) mass is 287 g/mol. The molecule has 0 saturated carbocycles. The fourth-order valence-electron chi connectivity index (χ4n) is 2.81. The third kappa shape index (κ3) is 2.15. The molecule has 0 aliphatic carbocycles. The summed E-state index contributed by atoms with van der Waals surface area (Å²) in [6.07, 6.45) is 1.78. The molecule has 110 valence electrons. The summed E-state index contributed by atoms with van der Waals surface area (Å²) in [6, 6.07) is 7.59. The van der Waals surface area contributed by atoms with Crippen LogP contribution < -0.4 is 14.8 Å². The predicted molar refractivity (Wildman–Crippen MR) is 74.2 cm³/mol. The van der Waals surface area contributed by atoms with Crippen molar-refractivity contribution in [3.8, 4) is 11.5 Å². The number of hydrogen-bond donors (Lipinski definition) is 1. The Hall–Kier alpha value is -2.08. The molecule has 21 heavy (non-hydrogen) atoms. The van der Waals surface area contributed by atoms with Crippen molar-refractivity contribution >= 4 is 0 Å². The highest BCUT2D eigenvalue weighted by Crippen LogP contribution is 2.36. The Morgan fingerprint density at radius 2 is 2.14 bits per heavy atom. The van der Waals surface area contributed by atoms with Crippen LogP contribution in [0.15, 0.2) is 28.8 Å². The first kappa shape index (κ1) is 12.6. The van der Waals surface area contributed by atoms with E-state index in [1.165, 1.54) is 0 Å². The zero-order chi connectivity index (χ0) is 14.3. The van der Waals surface area contributed by atoms with E-state index in [-0.39, 0.29) is 11.6 Å². The molecule has 2 unspecified atom stereocenters. The lowest BCUT2D eigenvalue weighted by atomic mass is 10.0. The number of rotatable bonds is 2. The summed E-state index contributed by atoms with van der Waals surface area (Å²) < 4.78 is 17.0. The first-order valence-electron chi connectivity index (χ1n) is 7.22. The van der Waals surface area contributed by atoms with Gasteiger partial charge >= 0.3 is 0 Å². The van der Waals surface area contributed by atoms with E-state index in [0.29, 0.717) is 24.1 Å². The molecule has 1 aromatic heterocycles. The van der Waals surface area contributed by atoms with Crippen LogP contribution in [0.2, 0.25) is 0 Å². The highest BCUT2D eigenvalue weighted by atomic mass is 16.6. The summed E-state index contributed by atoms with van der Waals surface area (Å²) >= 11 is 0. The molecule has 2 aliphatic heterocycles. The van der Waals surface area contributed by atoms with Crippen LogP contribution in [0.1, 0.15) is 37.6 Å². The van der Waals surface area contributed by atoms with Crippen molar-refractivity contribution in [2.24, 2.45) is 0 Å². The van der Waals surface area contributed by atoms with Gasteiger partial charge < -0.3 is 19.3 Å².